The largest absolute Gasteiger partial charge is 0.478 e. The van der Waals surface area contributed by atoms with Crippen molar-refractivity contribution < 1.29 is 14.6 Å². The number of nitrogens with zero attached hydrogens (tertiary/aromatic N) is 2. The molecule has 0 atom stereocenters. The summed E-state index contributed by atoms with van der Waals surface area (Å²) in [5.41, 5.74) is 1.21. The molecule has 0 unspecified atom stereocenters. The minimum atomic E-state index is -1.12. The molecular weight excluding hydrogens is 280 g/mol. The highest BCUT2D eigenvalue weighted by atomic mass is 35.5. The van der Waals surface area contributed by atoms with Crippen molar-refractivity contribution in [2.75, 3.05) is 0 Å². The second-order valence-electron chi connectivity index (χ2n) is 4.02. The van der Waals surface area contributed by atoms with Crippen LogP contribution in [0.5, 0.6) is 11.6 Å². The van der Waals surface area contributed by atoms with E-state index >= 15 is 0 Å². The van der Waals surface area contributed by atoms with Crippen molar-refractivity contribution in [3.8, 4) is 17.7 Å². The Hall–Kier alpha value is -2.58. The van der Waals surface area contributed by atoms with Crippen LogP contribution in [0.4, 0.5) is 0 Å². The summed E-state index contributed by atoms with van der Waals surface area (Å²) in [6.45, 7) is 1.80. The zero-order valence-corrected chi connectivity index (χ0v) is 11.2. The maximum Gasteiger partial charge on any atom is 0.335 e. The summed E-state index contributed by atoms with van der Waals surface area (Å²) < 4.78 is 5.51. The van der Waals surface area contributed by atoms with Gasteiger partial charge in [-0.25, -0.2) is 9.78 Å². The monoisotopic (exact) mass is 288 g/mol. The van der Waals surface area contributed by atoms with Crippen LogP contribution in [0.2, 0.25) is 5.15 Å². The summed E-state index contributed by atoms with van der Waals surface area (Å²) in [6.07, 6.45) is 0. The normalized spacial score (nSPS) is 9.85. The van der Waals surface area contributed by atoms with Crippen LogP contribution in [-0.2, 0) is 0 Å². The van der Waals surface area contributed by atoms with Crippen molar-refractivity contribution in [1.29, 1.82) is 5.26 Å². The molecule has 1 aromatic heterocycles. The molecular formula is C14H9ClN2O3. The lowest BCUT2D eigenvalue weighted by atomic mass is 10.1. The Bertz CT molecular complexity index is 723. The van der Waals surface area contributed by atoms with Crippen LogP contribution in [0.3, 0.4) is 0 Å². The van der Waals surface area contributed by atoms with Gasteiger partial charge in [0.15, 0.2) is 0 Å². The summed E-state index contributed by atoms with van der Waals surface area (Å²) in [7, 11) is 0. The van der Waals surface area contributed by atoms with Crippen molar-refractivity contribution in [3.63, 3.8) is 0 Å². The first-order valence-electron chi connectivity index (χ1n) is 5.59. The van der Waals surface area contributed by atoms with Gasteiger partial charge in [0, 0.05) is 6.07 Å². The van der Waals surface area contributed by atoms with Crippen LogP contribution in [0.15, 0.2) is 30.3 Å². The van der Waals surface area contributed by atoms with Crippen LogP contribution in [0, 0.1) is 18.3 Å². The lowest BCUT2D eigenvalue weighted by Crippen LogP contribution is -1.99. The minimum absolute atomic E-state index is 0.0194. The van der Waals surface area contributed by atoms with Crippen LogP contribution in [0.25, 0.3) is 0 Å². The first-order chi connectivity index (χ1) is 9.49. The fraction of sp³-hybridized carbons (Fsp3) is 0.0714. The lowest BCUT2D eigenvalue weighted by Gasteiger charge is -2.09. The summed E-state index contributed by atoms with van der Waals surface area (Å²) >= 11 is 5.75. The molecule has 0 amide bonds. The van der Waals surface area contributed by atoms with E-state index in [1.165, 1.54) is 12.1 Å². The standard InChI is InChI=1S/C14H9ClN2O3/c1-8-2-3-9(7-16)4-11(8)20-13-6-10(14(18)19)5-12(15)17-13/h2-6H,1H3,(H,18,19). The summed E-state index contributed by atoms with van der Waals surface area (Å²) in [6, 6.07) is 9.45. The van der Waals surface area contributed by atoms with E-state index in [2.05, 4.69) is 4.98 Å². The van der Waals surface area contributed by atoms with E-state index in [9.17, 15) is 4.79 Å². The first-order valence-corrected chi connectivity index (χ1v) is 5.97. The molecule has 0 aliphatic carbocycles. The molecule has 0 aliphatic heterocycles. The van der Waals surface area contributed by atoms with Gasteiger partial charge >= 0.3 is 5.97 Å². The average molecular weight is 289 g/mol. The van der Waals surface area contributed by atoms with Gasteiger partial charge in [-0.05, 0) is 30.7 Å². The van der Waals surface area contributed by atoms with E-state index in [0.717, 1.165) is 5.56 Å². The van der Waals surface area contributed by atoms with Crippen LogP contribution >= 0.6 is 11.6 Å². The topological polar surface area (TPSA) is 83.2 Å². The molecule has 1 heterocycles. The molecule has 2 aromatic rings. The average Bonchev–Trinajstić information content (AvgIpc) is 2.40. The Kier molecular flexibility index (Phi) is 3.87. The number of rotatable bonds is 3. The number of aryl methyl sites for hydroxylation is 1. The molecule has 0 saturated carbocycles. The summed E-state index contributed by atoms with van der Waals surface area (Å²) in [5, 5.41) is 17.8. The number of halogens is 1. The first kappa shape index (κ1) is 13.8. The molecule has 0 spiro atoms. The molecule has 0 saturated heterocycles. The van der Waals surface area contributed by atoms with E-state index in [0.29, 0.717) is 11.3 Å². The number of nitriles is 1. The number of ether oxygens (including phenoxy) is 1. The van der Waals surface area contributed by atoms with Crippen molar-refractivity contribution >= 4 is 17.6 Å². The van der Waals surface area contributed by atoms with Crippen LogP contribution in [0.1, 0.15) is 21.5 Å². The second kappa shape index (κ2) is 5.59. The molecule has 6 heteroatoms. The SMILES string of the molecule is Cc1ccc(C#N)cc1Oc1cc(C(=O)O)cc(Cl)n1. The van der Waals surface area contributed by atoms with Gasteiger partial charge in [0.25, 0.3) is 0 Å². The zero-order chi connectivity index (χ0) is 14.7. The van der Waals surface area contributed by atoms with Gasteiger partial charge in [0.1, 0.15) is 10.9 Å². The van der Waals surface area contributed by atoms with Gasteiger partial charge in [-0.1, -0.05) is 17.7 Å². The second-order valence-corrected chi connectivity index (χ2v) is 4.40. The lowest BCUT2D eigenvalue weighted by molar-refractivity contribution is 0.0696. The number of carbonyl (C=O) groups is 1. The number of benzene rings is 1. The van der Waals surface area contributed by atoms with Gasteiger partial charge < -0.3 is 9.84 Å². The number of aromatic nitrogens is 1. The Morgan fingerprint density at radius 3 is 2.80 bits per heavy atom. The van der Waals surface area contributed by atoms with Crippen molar-refractivity contribution in [2.24, 2.45) is 0 Å². The molecule has 5 nitrogen and oxygen atoms in total. The fourth-order valence-corrected chi connectivity index (χ4v) is 1.74. The highest BCUT2D eigenvalue weighted by Crippen LogP contribution is 2.26. The van der Waals surface area contributed by atoms with Gasteiger partial charge in [-0.2, -0.15) is 5.26 Å². The molecule has 2 rings (SSSR count). The van der Waals surface area contributed by atoms with E-state index in [1.807, 2.05) is 6.07 Å². The van der Waals surface area contributed by atoms with Gasteiger partial charge in [-0.3, -0.25) is 0 Å². The van der Waals surface area contributed by atoms with E-state index < -0.39 is 5.97 Å². The molecule has 0 radical (unpaired) electrons. The number of carboxylic acids is 1. The molecule has 0 aliphatic rings. The Morgan fingerprint density at radius 1 is 1.40 bits per heavy atom. The predicted octanol–water partition coefficient (Wildman–Crippen LogP) is 3.41. The Morgan fingerprint density at radius 2 is 2.15 bits per heavy atom. The molecule has 0 bridgehead atoms. The number of hydrogen-bond acceptors (Lipinski definition) is 4. The fourth-order valence-electron chi connectivity index (χ4n) is 1.54. The summed E-state index contributed by atoms with van der Waals surface area (Å²) in [5.74, 6) is -0.634. The number of pyridine rings is 1. The third-order valence-electron chi connectivity index (χ3n) is 2.55. The number of carboxylic acid groups (broad SMARTS) is 1. The van der Waals surface area contributed by atoms with E-state index in [-0.39, 0.29) is 16.6 Å². The van der Waals surface area contributed by atoms with Crippen molar-refractivity contribution in [1.82, 2.24) is 4.98 Å². The van der Waals surface area contributed by atoms with E-state index in [4.69, 9.17) is 26.7 Å². The van der Waals surface area contributed by atoms with Crippen molar-refractivity contribution in [2.45, 2.75) is 6.92 Å². The molecule has 1 N–H and O–H groups in total. The summed E-state index contributed by atoms with van der Waals surface area (Å²) in [4.78, 5) is 14.8. The predicted molar refractivity (Wildman–Crippen MR) is 72.2 cm³/mol. The third kappa shape index (κ3) is 3.05. The Labute approximate surface area is 120 Å². The van der Waals surface area contributed by atoms with Gasteiger partial charge in [-0.15, -0.1) is 0 Å². The van der Waals surface area contributed by atoms with Gasteiger partial charge in [0.2, 0.25) is 5.88 Å². The van der Waals surface area contributed by atoms with Crippen molar-refractivity contribution in [3.05, 3.63) is 52.2 Å². The Balaban J connectivity index is 2.40. The maximum atomic E-state index is 10.9. The van der Waals surface area contributed by atoms with E-state index in [1.54, 1.807) is 25.1 Å². The highest BCUT2D eigenvalue weighted by Gasteiger charge is 2.10. The third-order valence-corrected chi connectivity index (χ3v) is 2.74. The maximum absolute atomic E-state index is 10.9. The smallest absolute Gasteiger partial charge is 0.335 e. The molecule has 100 valence electrons. The zero-order valence-electron chi connectivity index (χ0n) is 10.4. The molecule has 0 fully saturated rings. The van der Waals surface area contributed by atoms with Gasteiger partial charge in [0.05, 0.1) is 17.2 Å². The molecule has 20 heavy (non-hydrogen) atoms. The van der Waals surface area contributed by atoms with Crippen LogP contribution < -0.4 is 4.74 Å². The minimum Gasteiger partial charge on any atom is -0.478 e. The van der Waals surface area contributed by atoms with Crippen LogP contribution in [-0.4, -0.2) is 16.1 Å². The quantitative estimate of drug-likeness (QED) is 0.875. The molecule has 1 aromatic carbocycles. The highest BCUT2D eigenvalue weighted by molar-refractivity contribution is 6.29. The number of aromatic carboxylic acids is 1. The number of hydrogen-bond donors (Lipinski definition) is 1.